The molecule has 0 atom stereocenters. The van der Waals surface area contributed by atoms with Gasteiger partial charge in [-0.25, -0.2) is 5.10 Å². The van der Waals surface area contributed by atoms with E-state index in [1.807, 2.05) is 13.8 Å². The average molecular weight is 194 g/mol. The number of aromatic amines is 1. The largest absolute Gasteiger partial charge is 0.405 e. The van der Waals surface area contributed by atoms with Crippen LogP contribution in [0.2, 0.25) is 0 Å². The quantitative estimate of drug-likeness (QED) is 0.634. The molecule has 0 fully saturated rings. The lowest BCUT2D eigenvalue weighted by Gasteiger charge is -2.09. The Morgan fingerprint density at radius 2 is 2.14 bits per heavy atom. The van der Waals surface area contributed by atoms with Crippen LogP contribution in [0.5, 0.6) is 0 Å². The summed E-state index contributed by atoms with van der Waals surface area (Å²) in [4.78, 5) is 11.2. The number of anilines is 1. The number of nitrogens with zero attached hydrogens (tertiary/aromatic N) is 1. The molecule has 0 aliphatic carbocycles. The predicted octanol–water partition coefficient (Wildman–Crippen LogP) is 0.405. The van der Waals surface area contributed by atoms with E-state index in [0.717, 1.165) is 5.69 Å². The Bertz CT molecular complexity index is 406. The number of rotatable bonds is 2. The van der Waals surface area contributed by atoms with E-state index >= 15 is 0 Å². The molecule has 1 heterocycles. The molecule has 76 valence electrons. The van der Waals surface area contributed by atoms with Crippen LogP contribution in [0, 0.1) is 0 Å². The Balaban J connectivity index is 3.45. The summed E-state index contributed by atoms with van der Waals surface area (Å²) in [5, 5.41) is 6.28. The highest BCUT2D eigenvalue weighted by atomic mass is 16.1. The molecule has 0 unspecified atom stereocenters. The van der Waals surface area contributed by atoms with Crippen LogP contribution in [0.25, 0.3) is 6.08 Å². The molecule has 14 heavy (non-hydrogen) atoms. The fourth-order valence-corrected chi connectivity index (χ4v) is 1.20. The fraction of sp³-hybridized carbons (Fsp3) is 0.333. The lowest BCUT2D eigenvalue weighted by molar-refractivity contribution is 0.776. The summed E-state index contributed by atoms with van der Waals surface area (Å²) in [6.45, 7) is 3.93. The van der Waals surface area contributed by atoms with Crippen molar-refractivity contribution in [2.45, 2.75) is 19.8 Å². The van der Waals surface area contributed by atoms with Gasteiger partial charge in [-0.05, 0) is 18.2 Å². The second kappa shape index (κ2) is 3.95. The monoisotopic (exact) mass is 194 g/mol. The van der Waals surface area contributed by atoms with Crippen LogP contribution >= 0.6 is 0 Å². The molecule has 1 aromatic rings. The number of H-pyrrole nitrogens is 1. The Morgan fingerprint density at radius 3 is 2.64 bits per heavy atom. The van der Waals surface area contributed by atoms with Gasteiger partial charge in [-0.3, -0.25) is 4.79 Å². The number of nitrogens with one attached hydrogen (secondary N) is 1. The molecule has 5 nitrogen and oxygen atoms in total. The summed E-state index contributed by atoms with van der Waals surface area (Å²) >= 11 is 0. The number of nitrogens with two attached hydrogens (primary N) is 2. The Hall–Kier alpha value is -1.78. The first kappa shape index (κ1) is 10.3. The number of nitrogen functional groups attached to an aromatic ring is 1. The van der Waals surface area contributed by atoms with Crippen molar-refractivity contribution >= 4 is 11.8 Å². The normalized spacial score (nSPS) is 11.4. The van der Waals surface area contributed by atoms with Crippen molar-refractivity contribution in [2.75, 3.05) is 5.73 Å². The SMILES string of the molecule is CC(C)c1n[nH]c(=O)c(N)c1/C=C\N. The maximum absolute atomic E-state index is 11.2. The topological polar surface area (TPSA) is 97.8 Å². The van der Waals surface area contributed by atoms with Gasteiger partial charge in [0.15, 0.2) is 0 Å². The molecule has 5 heteroatoms. The van der Waals surface area contributed by atoms with E-state index in [-0.39, 0.29) is 17.2 Å². The number of hydrogen-bond acceptors (Lipinski definition) is 4. The fourth-order valence-electron chi connectivity index (χ4n) is 1.20. The third kappa shape index (κ3) is 1.76. The van der Waals surface area contributed by atoms with Gasteiger partial charge in [0.1, 0.15) is 5.69 Å². The molecule has 1 aromatic heterocycles. The molecule has 1 rings (SSSR count). The maximum atomic E-state index is 11.2. The highest BCUT2D eigenvalue weighted by molar-refractivity contribution is 5.65. The molecule has 0 saturated heterocycles. The van der Waals surface area contributed by atoms with Gasteiger partial charge < -0.3 is 11.5 Å². The minimum atomic E-state index is -0.387. The molecule has 0 aromatic carbocycles. The van der Waals surface area contributed by atoms with Gasteiger partial charge >= 0.3 is 0 Å². The number of hydrogen-bond donors (Lipinski definition) is 3. The maximum Gasteiger partial charge on any atom is 0.287 e. The molecule has 0 amide bonds. The highest BCUT2D eigenvalue weighted by Crippen LogP contribution is 2.19. The van der Waals surface area contributed by atoms with Gasteiger partial charge in [-0.15, -0.1) is 0 Å². The molecule has 5 N–H and O–H groups in total. The number of aromatic nitrogens is 2. The van der Waals surface area contributed by atoms with Gasteiger partial charge in [0.2, 0.25) is 0 Å². The average Bonchev–Trinajstić information content (AvgIpc) is 2.13. The van der Waals surface area contributed by atoms with Crippen LogP contribution in [-0.2, 0) is 0 Å². The summed E-state index contributed by atoms with van der Waals surface area (Å²) in [7, 11) is 0. The molecule has 0 aliphatic rings. The zero-order chi connectivity index (χ0) is 10.7. The second-order valence-electron chi connectivity index (χ2n) is 3.28. The minimum Gasteiger partial charge on any atom is -0.405 e. The van der Waals surface area contributed by atoms with Crippen molar-refractivity contribution in [3.63, 3.8) is 0 Å². The lowest BCUT2D eigenvalue weighted by Crippen LogP contribution is -2.18. The smallest absolute Gasteiger partial charge is 0.287 e. The summed E-state index contributed by atoms with van der Waals surface area (Å²) in [5.41, 5.74) is 12.0. The summed E-state index contributed by atoms with van der Waals surface area (Å²) in [6, 6.07) is 0. The first-order valence-corrected chi connectivity index (χ1v) is 4.34. The van der Waals surface area contributed by atoms with E-state index in [1.165, 1.54) is 6.20 Å². The highest BCUT2D eigenvalue weighted by Gasteiger charge is 2.11. The summed E-state index contributed by atoms with van der Waals surface area (Å²) in [6.07, 6.45) is 2.94. The molecule has 0 bridgehead atoms. The van der Waals surface area contributed by atoms with Gasteiger partial charge in [-0.1, -0.05) is 13.8 Å². The van der Waals surface area contributed by atoms with Crippen molar-refractivity contribution in [3.05, 3.63) is 27.8 Å². The van der Waals surface area contributed by atoms with Gasteiger partial charge in [0.05, 0.1) is 5.69 Å². The van der Waals surface area contributed by atoms with Crippen LogP contribution in [0.4, 0.5) is 5.69 Å². The van der Waals surface area contributed by atoms with Crippen molar-refractivity contribution < 1.29 is 0 Å². The molecular formula is C9H14N4O. The van der Waals surface area contributed by atoms with E-state index in [1.54, 1.807) is 6.08 Å². The van der Waals surface area contributed by atoms with E-state index in [2.05, 4.69) is 10.2 Å². The van der Waals surface area contributed by atoms with Crippen LogP contribution in [-0.4, -0.2) is 10.2 Å². The summed E-state index contributed by atoms with van der Waals surface area (Å²) < 4.78 is 0. The Labute approximate surface area is 81.8 Å². The van der Waals surface area contributed by atoms with E-state index < -0.39 is 0 Å². The van der Waals surface area contributed by atoms with Gasteiger partial charge in [0, 0.05) is 5.56 Å². The Morgan fingerprint density at radius 1 is 1.50 bits per heavy atom. The third-order valence-electron chi connectivity index (χ3n) is 1.90. The molecule has 0 spiro atoms. The zero-order valence-corrected chi connectivity index (χ0v) is 8.24. The standard InChI is InChI=1S/C9H14N4O/c1-5(2)8-6(3-4-10)7(11)9(14)13-12-8/h3-5H,10H2,1-2H3,(H2,11,12)(H,13,14)/b4-3-. The van der Waals surface area contributed by atoms with Crippen molar-refractivity contribution in [1.82, 2.24) is 10.2 Å². The molecular weight excluding hydrogens is 180 g/mol. The van der Waals surface area contributed by atoms with E-state index in [9.17, 15) is 4.79 Å². The third-order valence-corrected chi connectivity index (χ3v) is 1.90. The van der Waals surface area contributed by atoms with Crippen LogP contribution < -0.4 is 17.0 Å². The molecule has 0 saturated carbocycles. The summed E-state index contributed by atoms with van der Waals surface area (Å²) in [5.74, 6) is 0.181. The van der Waals surface area contributed by atoms with Crippen molar-refractivity contribution in [1.29, 1.82) is 0 Å². The second-order valence-corrected chi connectivity index (χ2v) is 3.28. The van der Waals surface area contributed by atoms with Gasteiger partial charge in [-0.2, -0.15) is 5.10 Å². The Kier molecular flexibility index (Phi) is 2.91. The predicted molar refractivity (Wildman–Crippen MR) is 56.6 cm³/mol. The molecule has 0 radical (unpaired) electrons. The van der Waals surface area contributed by atoms with Gasteiger partial charge in [0.25, 0.3) is 5.56 Å². The van der Waals surface area contributed by atoms with E-state index in [4.69, 9.17) is 11.5 Å². The van der Waals surface area contributed by atoms with Crippen LogP contribution in [0.15, 0.2) is 11.0 Å². The zero-order valence-electron chi connectivity index (χ0n) is 8.24. The van der Waals surface area contributed by atoms with E-state index in [0.29, 0.717) is 5.56 Å². The van der Waals surface area contributed by atoms with Crippen molar-refractivity contribution in [2.24, 2.45) is 5.73 Å². The molecule has 0 aliphatic heterocycles. The first-order chi connectivity index (χ1) is 6.57. The van der Waals surface area contributed by atoms with Crippen LogP contribution in [0.3, 0.4) is 0 Å². The lowest BCUT2D eigenvalue weighted by atomic mass is 10.0. The van der Waals surface area contributed by atoms with Crippen molar-refractivity contribution in [3.8, 4) is 0 Å². The van der Waals surface area contributed by atoms with Crippen LogP contribution in [0.1, 0.15) is 31.0 Å². The first-order valence-electron chi connectivity index (χ1n) is 4.34. The minimum absolute atomic E-state index is 0.158.